The normalized spacial score (nSPS) is 23.1. The van der Waals surface area contributed by atoms with Crippen molar-refractivity contribution in [1.29, 1.82) is 0 Å². The monoisotopic (exact) mass is 268 g/mol. The Bertz CT molecular complexity index is 465. The second-order valence-corrected chi connectivity index (χ2v) is 4.97. The lowest BCUT2D eigenvalue weighted by Crippen LogP contribution is -2.52. The van der Waals surface area contributed by atoms with E-state index in [4.69, 9.17) is 0 Å². The number of nitrogens with one attached hydrogen (secondary N) is 2. The molecule has 5 heteroatoms. The van der Waals surface area contributed by atoms with Gasteiger partial charge >= 0.3 is 0 Å². The van der Waals surface area contributed by atoms with Gasteiger partial charge in [-0.2, -0.15) is 0 Å². The van der Waals surface area contributed by atoms with Crippen LogP contribution in [-0.4, -0.2) is 24.5 Å². The molecule has 1 saturated heterocycles. The van der Waals surface area contributed by atoms with Crippen LogP contribution >= 0.6 is 0 Å². The van der Waals surface area contributed by atoms with Crippen LogP contribution < -0.4 is 10.6 Å². The molecule has 2 rings (SSSR count). The van der Waals surface area contributed by atoms with Crippen molar-refractivity contribution in [3.63, 3.8) is 0 Å². The van der Waals surface area contributed by atoms with Crippen LogP contribution in [0.4, 0.5) is 8.78 Å². The van der Waals surface area contributed by atoms with Gasteiger partial charge in [0.2, 0.25) is 5.91 Å². The van der Waals surface area contributed by atoms with Gasteiger partial charge in [-0.3, -0.25) is 4.79 Å². The van der Waals surface area contributed by atoms with Crippen LogP contribution in [0, 0.1) is 11.6 Å². The zero-order valence-corrected chi connectivity index (χ0v) is 10.9. The summed E-state index contributed by atoms with van der Waals surface area (Å²) in [6, 6.07) is 3.57. The fourth-order valence-corrected chi connectivity index (χ4v) is 2.34. The lowest BCUT2D eigenvalue weighted by atomic mass is 9.99. The van der Waals surface area contributed by atoms with Gasteiger partial charge in [0, 0.05) is 18.2 Å². The highest BCUT2D eigenvalue weighted by Crippen LogP contribution is 2.12. The number of benzene rings is 1. The molecule has 1 fully saturated rings. The van der Waals surface area contributed by atoms with Gasteiger partial charge in [-0.25, -0.2) is 8.78 Å². The standard InChI is InChI=1S/C14H18F2N2O/c1-9-13(3-2-6-17-9)18-14(19)7-10-4-5-11(15)8-12(10)16/h4-5,8-9,13,17H,2-3,6-7H2,1H3,(H,18,19)/t9-,13-/m0/s1. The average Bonchev–Trinajstić information content (AvgIpc) is 2.36. The Balaban J connectivity index is 1.93. The van der Waals surface area contributed by atoms with E-state index in [1.54, 1.807) is 0 Å². The van der Waals surface area contributed by atoms with Gasteiger partial charge in [-0.1, -0.05) is 6.07 Å². The zero-order valence-electron chi connectivity index (χ0n) is 10.9. The summed E-state index contributed by atoms with van der Waals surface area (Å²) in [5, 5.41) is 6.18. The van der Waals surface area contributed by atoms with Crippen LogP contribution in [-0.2, 0) is 11.2 Å². The molecular weight excluding hydrogens is 250 g/mol. The van der Waals surface area contributed by atoms with Gasteiger partial charge in [0.05, 0.1) is 6.42 Å². The lowest BCUT2D eigenvalue weighted by Gasteiger charge is -2.30. The Hall–Kier alpha value is -1.49. The smallest absolute Gasteiger partial charge is 0.224 e. The predicted molar refractivity (Wildman–Crippen MR) is 68.7 cm³/mol. The van der Waals surface area contributed by atoms with Crippen LogP contribution in [0.3, 0.4) is 0 Å². The largest absolute Gasteiger partial charge is 0.352 e. The van der Waals surface area contributed by atoms with Crippen molar-refractivity contribution in [2.24, 2.45) is 0 Å². The molecule has 0 unspecified atom stereocenters. The van der Waals surface area contributed by atoms with E-state index in [1.165, 1.54) is 6.07 Å². The quantitative estimate of drug-likeness (QED) is 0.877. The van der Waals surface area contributed by atoms with E-state index in [0.717, 1.165) is 31.5 Å². The Morgan fingerprint density at radius 2 is 2.26 bits per heavy atom. The molecule has 3 nitrogen and oxygen atoms in total. The molecule has 2 atom stereocenters. The van der Waals surface area contributed by atoms with Crippen LogP contribution in [0.1, 0.15) is 25.3 Å². The third kappa shape index (κ3) is 3.73. The van der Waals surface area contributed by atoms with Crippen molar-refractivity contribution in [3.8, 4) is 0 Å². The highest BCUT2D eigenvalue weighted by molar-refractivity contribution is 5.79. The fraction of sp³-hybridized carbons (Fsp3) is 0.500. The topological polar surface area (TPSA) is 41.1 Å². The first kappa shape index (κ1) is 13.9. The first-order valence-electron chi connectivity index (χ1n) is 6.53. The van der Waals surface area contributed by atoms with E-state index in [9.17, 15) is 13.6 Å². The number of carbonyl (C=O) groups is 1. The van der Waals surface area contributed by atoms with Gasteiger partial charge in [0.1, 0.15) is 11.6 Å². The molecule has 0 radical (unpaired) electrons. The van der Waals surface area contributed by atoms with E-state index >= 15 is 0 Å². The Morgan fingerprint density at radius 3 is 2.95 bits per heavy atom. The van der Waals surface area contributed by atoms with Crippen molar-refractivity contribution >= 4 is 5.91 Å². The molecule has 1 aliphatic rings. The highest BCUT2D eigenvalue weighted by Gasteiger charge is 2.22. The van der Waals surface area contributed by atoms with Crippen LogP contribution in [0.2, 0.25) is 0 Å². The maximum Gasteiger partial charge on any atom is 0.224 e. The van der Waals surface area contributed by atoms with Crippen molar-refractivity contribution in [1.82, 2.24) is 10.6 Å². The fourth-order valence-electron chi connectivity index (χ4n) is 2.34. The molecule has 0 aromatic heterocycles. The number of rotatable bonds is 3. The Labute approximate surface area is 111 Å². The molecule has 0 saturated carbocycles. The minimum absolute atomic E-state index is 0.0602. The summed E-state index contributed by atoms with van der Waals surface area (Å²) in [7, 11) is 0. The minimum Gasteiger partial charge on any atom is -0.352 e. The SMILES string of the molecule is C[C@@H]1NCCC[C@@H]1NC(=O)Cc1ccc(F)cc1F. The lowest BCUT2D eigenvalue weighted by molar-refractivity contribution is -0.121. The highest BCUT2D eigenvalue weighted by atomic mass is 19.1. The molecule has 1 heterocycles. The molecule has 1 aromatic rings. The first-order valence-corrected chi connectivity index (χ1v) is 6.53. The minimum atomic E-state index is -0.676. The molecule has 19 heavy (non-hydrogen) atoms. The van der Waals surface area contributed by atoms with Gasteiger partial charge in [0.25, 0.3) is 0 Å². The van der Waals surface area contributed by atoms with Crippen LogP contribution in [0.25, 0.3) is 0 Å². The first-order chi connectivity index (χ1) is 9.06. The second-order valence-electron chi connectivity index (χ2n) is 4.97. The zero-order chi connectivity index (χ0) is 13.8. The number of piperidine rings is 1. The summed E-state index contributed by atoms with van der Waals surface area (Å²) >= 11 is 0. The van der Waals surface area contributed by atoms with Crippen molar-refractivity contribution in [2.75, 3.05) is 6.54 Å². The summed E-state index contributed by atoms with van der Waals surface area (Å²) in [6.07, 6.45) is 1.88. The molecule has 1 aromatic carbocycles. The number of hydrogen-bond donors (Lipinski definition) is 2. The van der Waals surface area contributed by atoms with E-state index < -0.39 is 11.6 Å². The average molecular weight is 268 g/mol. The molecule has 0 aliphatic carbocycles. The molecule has 2 N–H and O–H groups in total. The number of carbonyl (C=O) groups excluding carboxylic acids is 1. The molecular formula is C14H18F2N2O. The maximum atomic E-state index is 13.4. The third-order valence-electron chi connectivity index (χ3n) is 3.47. The van der Waals surface area contributed by atoms with Crippen LogP contribution in [0.15, 0.2) is 18.2 Å². The third-order valence-corrected chi connectivity index (χ3v) is 3.47. The molecule has 104 valence electrons. The number of halogens is 2. The van der Waals surface area contributed by atoms with Gasteiger partial charge in [-0.15, -0.1) is 0 Å². The Morgan fingerprint density at radius 1 is 1.47 bits per heavy atom. The molecule has 0 spiro atoms. The molecule has 1 amide bonds. The summed E-state index contributed by atoms with van der Waals surface area (Å²) in [4.78, 5) is 11.9. The van der Waals surface area contributed by atoms with E-state index in [1.807, 2.05) is 6.92 Å². The van der Waals surface area contributed by atoms with E-state index in [0.29, 0.717) is 0 Å². The summed E-state index contributed by atoms with van der Waals surface area (Å²) < 4.78 is 26.2. The molecule has 1 aliphatic heterocycles. The van der Waals surface area contributed by atoms with Gasteiger partial charge in [0.15, 0.2) is 0 Å². The van der Waals surface area contributed by atoms with Gasteiger partial charge in [-0.05, 0) is 37.9 Å². The molecule has 0 bridgehead atoms. The van der Waals surface area contributed by atoms with E-state index in [2.05, 4.69) is 10.6 Å². The number of amides is 1. The van der Waals surface area contributed by atoms with Crippen molar-refractivity contribution in [3.05, 3.63) is 35.4 Å². The predicted octanol–water partition coefficient (Wildman–Crippen LogP) is 1.76. The maximum absolute atomic E-state index is 13.4. The Kier molecular flexibility index (Phi) is 4.47. The summed E-state index contributed by atoms with van der Waals surface area (Å²) in [5.41, 5.74) is 0.218. The summed E-state index contributed by atoms with van der Waals surface area (Å²) in [5.74, 6) is -1.54. The van der Waals surface area contributed by atoms with E-state index in [-0.39, 0.29) is 30.0 Å². The number of hydrogen-bond acceptors (Lipinski definition) is 2. The van der Waals surface area contributed by atoms with Crippen molar-refractivity contribution < 1.29 is 13.6 Å². The second kappa shape index (κ2) is 6.10. The summed E-state index contributed by atoms with van der Waals surface area (Å²) in [6.45, 7) is 2.97. The van der Waals surface area contributed by atoms with Gasteiger partial charge < -0.3 is 10.6 Å². The van der Waals surface area contributed by atoms with Crippen LogP contribution in [0.5, 0.6) is 0 Å². The van der Waals surface area contributed by atoms with Crippen molar-refractivity contribution in [2.45, 2.75) is 38.3 Å².